The predicted molar refractivity (Wildman–Crippen MR) is 122 cm³/mol. The number of likely N-dealkylation sites (tertiary alicyclic amines) is 2. The van der Waals surface area contributed by atoms with Gasteiger partial charge in [0.15, 0.2) is 6.10 Å². The van der Waals surface area contributed by atoms with Gasteiger partial charge in [-0.15, -0.1) is 0 Å². The average Bonchev–Trinajstić information content (AvgIpc) is 3.14. The summed E-state index contributed by atoms with van der Waals surface area (Å²) in [6, 6.07) is 6.24. The van der Waals surface area contributed by atoms with Crippen LogP contribution >= 0.6 is 0 Å². The van der Waals surface area contributed by atoms with Gasteiger partial charge < -0.3 is 20.1 Å². The number of ether oxygens (including phenoxy) is 1. The van der Waals surface area contributed by atoms with Gasteiger partial charge in [-0.3, -0.25) is 9.69 Å². The Balaban J connectivity index is 1.52. The second-order valence-corrected chi connectivity index (χ2v) is 9.60. The predicted octanol–water partition coefficient (Wildman–Crippen LogP) is 4.65. The van der Waals surface area contributed by atoms with Gasteiger partial charge in [0.1, 0.15) is 0 Å². The fourth-order valence-electron chi connectivity index (χ4n) is 4.72. The summed E-state index contributed by atoms with van der Waals surface area (Å²) in [4.78, 5) is 26.6. The van der Waals surface area contributed by atoms with E-state index < -0.39 is 24.3 Å². The lowest BCUT2D eigenvalue weighted by Crippen LogP contribution is -2.46. The smallest absolute Gasteiger partial charge is 0.425 e. The van der Waals surface area contributed by atoms with Crippen LogP contribution in [0.15, 0.2) is 18.2 Å². The number of halogens is 3. The zero-order chi connectivity index (χ0) is 24.9. The van der Waals surface area contributed by atoms with E-state index in [4.69, 9.17) is 5.11 Å². The van der Waals surface area contributed by atoms with Crippen molar-refractivity contribution in [2.45, 2.75) is 64.8 Å². The van der Waals surface area contributed by atoms with Crippen LogP contribution in [0.4, 0.5) is 23.7 Å². The number of hydrogen-bond acceptors (Lipinski definition) is 5. The molecule has 190 valence electrons. The van der Waals surface area contributed by atoms with Crippen molar-refractivity contribution in [2.24, 2.45) is 5.41 Å². The van der Waals surface area contributed by atoms with Gasteiger partial charge in [0.2, 0.25) is 0 Å². The minimum absolute atomic E-state index is 0.0617. The normalized spacial score (nSPS) is 19.3. The Hall–Kier alpha value is -2.49. The second-order valence-electron chi connectivity index (χ2n) is 9.60. The molecule has 1 aromatic carbocycles. The highest BCUT2D eigenvalue weighted by Crippen LogP contribution is 2.41. The zero-order valence-electron chi connectivity index (χ0n) is 19.8. The van der Waals surface area contributed by atoms with Gasteiger partial charge in [-0.2, -0.15) is 13.2 Å². The van der Waals surface area contributed by atoms with E-state index in [0.29, 0.717) is 26.1 Å². The van der Waals surface area contributed by atoms with Crippen LogP contribution in [-0.2, 0) is 16.1 Å². The van der Waals surface area contributed by atoms with Crippen molar-refractivity contribution in [3.63, 3.8) is 0 Å². The lowest BCUT2D eigenvalue weighted by molar-refractivity contribution is -0.200. The number of carboxylic acids is 1. The molecular formula is C24H34F3N3O4. The molecule has 0 aromatic heterocycles. The number of alkyl halides is 3. The third-order valence-electron chi connectivity index (χ3n) is 6.88. The van der Waals surface area contributed by atoms with Crippen LogP contribution in [-0.4, -0.2) is 72.0 Å². The SMILES string of the molecule is Cc1ccc(CN2CCC3(CCN(C(=O)OC(C)C(F)(F)F)CC3)C2)c(NCCCC(=O)O)c1. The molecule has 2 saturated heterocycles. The molecule has 2 heterocycles. The largest absolute Gasteiger partial charge is 0.481 e. The summed E-state index contributed by atoms with van der Waals surface area (Å²) < 4.78 is 42.6. The molecule has 0 radical (unpaired) electrons. The van der Waals surface area contributed by atoms with Crippen LogP contribution < -0.4 is 5.32 Å². The third kappa shape index (κ3) is 7.01. The lowest BCUT2D eigenvalue weighted by atomic mass is 9.78. The summed E-state index contributed by atoms with van der Waals surface area (Å²) >= 11 is 0. The Labute approximate surface area is 198 Å². The summed E-state index contributed by atoms with van der Waals surface area (Å²) in [5, 5.41) is 12.2. The van der Waals surface area contributed by atoms with E-state index >= 15 is 0 Å². The quantitative estimate of drug-likeness (QED) is 0.522. The van der Waals surface area contributed by atoms with Crippen molar-refractivity contribution in [3.8, 4) is 0 Å². The van der Waals surface area contributed by atoms with E-state index in [1.807, 2.05) is 6.92 Å². The van der Waals surface area contributed by atoms with Gasteiger partial charge >= 0.3 is 18.2 Å². The molecule has 0 saturated carbocycles. The maximum Gasteiger partial charge on any atom is 0.425 e. The number of nitrogens with one attached hydrogen (secondary N) is 1. The van der Waals surface area contributed by atoms with Crippen LogP contribution in [0.25, 0.3) is 0 Å². The molecule has 1 aromatic rings. The molecule has 1 atom stereocenters. The fraction of sp³-hybridized carbons (Fsp3) is 0.667. The first kappa shape index (κ1) is 26.1. The van der Waals surface area contributed by atoms with Crippen molar-refractivity contribution < 1.29 is 32.6 Å². The number of carbonyl (C=O) groups excluding carboxylic acids is 1. The highest BCUT2D eigenvalue weighted by atomic mass is 19.4. The van der Waals surface area contributed by atoms with Crippen LogP contribution in [0.3, 0.4) is 0 Å². The molecule has 34 heavy (non-hydrogen) atoms. The average molecular weight is 486 g/mol. The number of carbonyl (C=O) groups is 2. The van der Waals surface area contributed by atoms with Crippen molar-refractivity contribution in [3.05, 3.63) is 29.3 Å². The summed E-state index contributed by atoms with van der Waals surface area (Å²) in [5.74, 6) is -0.803. The topological polar surface area (TPSA) is 82.1 Å². The van der Waals surface area contributed by atoms with E-state index in [2.05, 4.69) is 33.2 Å². The number of aliphatic carboxylic acids is 1. The van der Waals surface area contributed by atoms with Crippen LogP contribution in [0.1, 0.15) is 50.2 Å². The summed E-state index contributed by atoms with van der Waals surface area (Å²) in [6.07, 6.45) is -4.41. The number of aryl methyl sites for hydroxylation is 1. The van der Waals surface area contributed by atoms with Crippen molar-refractivity contribution in [2.75, 3.05) is 38.0 Å². The molecule has 1 amide bonds. The number of amides is 1. The number of rotatable bonds is 8. The Morgan fingerprint density at radius 2 is 1.88 bits per heavy atom. The number of benzene rings is 1. The van der Waals surface area contributed by atoms with Gasteiger partial charge in [0.05, 0.1) is 0 Å². The Morgan fingerprint density at radius 3 is 2.53 bits per heavy atom. The van der Waals surface area contributed by atoms with Gasteiger partial charge in [0, 0.05) is 44.8 Å². The molecule has 0 aliphatic carbocycles. The zero-order valence-corrected chi connectivity index (χ0v) is 19.8. The van der Waals surface area contributed by atoms with Crippen LogP contribution in [0.5, 0.6) is 0 Å². The molecular weight excluding hydrogens is 451 g/mol. The third-order valence-corrected chi connectivity index (χ3v) is 6.88. The first-order chi connectivity index (χ1) is 16.0. The maximum atomic E-state index is 12.7. The highest BCUT2D eigenvalue weighted by Gasteiger charge is 2.43. The van der Waals surface area contributed by atoms with Crippen LogP contribution in [0.2, 0.25) is 0 Å². The summed E-state index contributed by atoms with van der Waals surface area (Å²) in [6.45, 7) is 6.81. The fourth-order valence-corrected chi connectivity index (χ4v) is 4.72. The number of nitrogens with zero attached hydrogens (tertiary/aromatic N) is 2. The molecule has 2 aliphatic rings. The van der Waals surface area contributed by atoms with E-state index in [1.54, 1.807) is 0 Å². The molecule has 7 nitrogen and oxygen atoms in total. The lowest BCUT2D eigenvalue weighted by Gasteiger charge is -2.39. The molecule has 10 heteroatoms. The summed E-state index contributed by atoms with van der Waals surface area (Å²) in [7, 11) is 0. The number of hydrogen-bond donors (Lipinski definition) is 2. The van der Waals surface area contributed by atoms with Gasteiger partial charge in [-0.1, -0.05) is 12.1 Å². The first-order valence-electron chi connectivity index (χ1n) is 11.8. The van der Waals surface area contributed by atoms with Crippen molar-refractivity contribution in [1.29, 1.82) is 0 Å². The van der Waals surface area contributed by atoms with E-state index in [9.17, 15) is 22.8 Å². The van der Waals surface area contributed by atoms with Gasteiger partial charge in [0.25, 0.3) is 0 Å². The first-order valence-corrected chi connectivity index (χ1v) is 11.8. The Bertz CT molecular complexity index is 870. The van der Waals surface area contributed by atoms with E-state index in [0.717, 1.165) is 62.6 Å². The molecule has 2 N–H and O–H groups in total. The van der Waals surface area contributed by atoms with Crippen molar-refractivity contribution >= 4 is 17.7 Å². The molecule has 1 spiro atoms. The maximum absolute atomic E-state index is 12.7. The molecule has 3 rings (SSSR count). The van der Waals surface area contributed by atoms with Crippen LogP contribution in [0, 0.1) is 12.3 Å². The minimum Gasteiger partial charge on any atom is -0.481 e. The highest BCUT2D eigenvalue weighted by molar-refractivity contribution is 5.68. The number of piperidine rings is 1. The Kier molecular flexibility index (Phi) is 8.33. The monoisotopic (exact) mass is 485 g/mol. The second kappa shape index (κ2) is 10.8. The molecule has 0 bridgehead atoms. The van der Waals surface area contributed by atoms with E-state index in [1.165, 1.54) is 4.90 Å². The number of anilines is 1. The van der Waals surface area contributed by atoms with Crippen molar-refractivity contribution in [1.82, 2.24) is 9.80 Å². The van der Waals surface area contributed by atoms with Gasteiger partial charge in [-0.25, -0.2) is 4.79 Å². The summed E-state index contributed by atoms with van der Waals surface area (Å²) in [5.41, 5.74) is 3.36. The standard InChI is InChI=1S/C24H34F3N3O4/c1-17-5-6-19(20(14-17)28-10-3-4-21(31)32)15-29-11-7-23(16-29)8-12-30(13-9-23)22(33)34-18(2)24(25,26)27/h5-6,14,18,28H,3-4,7-13,15-16H2,1-2H3,(H,31,32). The Morgan fingerprint density at radius 1 is 1.21 bits per heavy atom. The molecule has 2 fully saturated rings. The molecule has 2 aliphatic heterocycles. The minimum atomic E-state index is -4.56. The number of carboxylic acid groups (broad SMARTS) is 1. The van der Waals surface area contributed by atoms with Gasteiger partial charge in [-0.05, 0) is 68.7 Å². The molecule has 1 unspecified atom stereocenters. The van der Waals surface area contributed by atoms with E-state index in [-0.39, 0.29) is 11.8 Å².